The van der Waals surface area contributed by atoms with Crippen LogP contribution in [-0.4, -0.2) is 34.3 Å². The van der Waals surface area contributed by atoms with E-state index in [-0.39, 0.29) is 17.5 Å². The topological polar surface area (TPSA) is 82.8 Å². The molecule has 2 heterocycles. The number of halogens is 3. The molecule has 0 amide bonds. The summed E-state index contributed by atoms with van der Waals surface area (Å²) in [5.74, 6) is -2.26. The van der Waals surface area contributed by atoms with Crippen LogP contribution in [0.3, 0.4) is 0 Å². The molecule has 10 heteroatoms. The molecule has 7 nitrogen and oxygen atoms in total. The van der Waals surface area contributed by atoms with Crippen LogP contribution in [0.15, 0.2) is 66.7 Å². The molecule has 2 aliphatic rings. The summed E-state index contributed by atoms with van der Waals surface area (Å²) < 4.78 is 51.4. The van der Waals surface area contributed by atoms with E-state index < -0.39 is 23.4 Å². The molecule has 0 radical (unpaired) electrons. The maximum Gasteiger partial charge on any atom is 0.335 e. The second-order valence-corrected chi connectivity index (χ2v) is 11.5. The molecule has 44 heavy (non-hydrogen) atoms. The molecule has 4 aromatic carbocycles. The molecule has 1 aliphatic carbocycles. The Bertz CT molecular complexity index is 1940. The Balaban J connectivity index is 1.24. The van der Waals surface area contributed by atoms with Crippen LogP contribution in [0.4, 0.5) is 8.78 Å². The van der Waals surface area contributed by atoms with E-state index in [9.17, 15) is 9.90 Å². The number of ether oxygens (including phenoxy) is 3. The number of imidazole rings is 1. The van der Waals surface area contributed by atoms with Gasteiger partial charge >= 0.3 is 5.97 Å². The Hall–Kier alpha value is -4.47. The molecule has 5 aromatic rings. The fraction of sp³-hybridized carbons (Fsp3) is 0.235. The molecule has 1 aliphatic heterocycles. The highest BCUT2D eigenvalue weighted by atomic mass is 35.5. The van der Waals surface area contributed by atoms with Crippen LogP contribution in [0.5, 0.6) is 11.5 Å². The number of carboxylic acid groups (broad SMARTS) is 1. The van der Waals surface area contributed by atoms with Crippen molar-refractivity contribution < 1.29 is 32.9 Å². The maximum absolute atomic E-state index is 15.8. The van der Waals surface area contributed by atoms with Gasteiger partial charge in [0.1, 0.15) is 17.5 Å². The number of hydrogen-bond donors (Lipinski definition) is 1. The van der Waals surface area contributed by atoms with Gasteiger partial charge in [0.05, 0.1) is 23.2 Å². The lowest BCUT2D eigenvalue weighted by atomic mass is 9.86. The minimum atomic E-state index is -1.08. The molecule has 224 valence electrons. The van der Waals surface area contributed by atoms with Crippen LogP contribution in [0.1, 0.15) is 45.7 Å². The summed E-state index contributed by atoms with van der Waals surface area (Å²) in [6.07, 6.45) is 2.16. The Morgan fingerprint density at radius 3 is 2.68 bits per heavy atom. The predicted molar refractivity (Wildman–Crippen MR) is 160 cm³/mol. The van der Waals surface area contributed by atoms with Crippen molar-refractivity contribution in [3.8, 4) is 22.6 Å². The molecule has 0 saturated carbocycles. The zero-order valence-electron chi connectivity index (χ0n) is 23.7. The van der Waals surface area contributed by atoms with Crippen molar-refractivity contribution in [3.05, 3.63) is 111 Å². The number of aromatic nitrogens is 2. The summed E-state index contributed by atoms with van der Waals surface area (Å²) in [4.78, 5) is 16.1. The molecule has 0 bridgehead atoms. The van der Waals surface area contributed by atoms with Crippen LogP contribution in [0, 0.1) is 11.6 Å². The van der Waals surface area contributed by atoms with Gasteiger partial charge in [-0.2, -0.15) is 0 Å². The normalized spacial score (nSPS) is 16.9. The lowest BCUT2D eigenvalue weighted by Crippen LogP contribution is -2.39. The summed E-state index contributed by atoms with van der Waals surface area (Å²) in [5, 5.41) is 10.1. The highest BCUT2D eigenvalue weighted by Gasteiger charge is 2.47. The molecule has 1 atom stereocenters. The largest absolute Gasteiger partial charge is 0.478 e. The quantitative estimate of drug-likeness (QED) is 0.204. The summed E-state index contributed by atoms with van der Waals surface area (Å²) in [5.41, 5.74) is 3.78. The van der Waals surface area contributed by atoms with Gasteiger partial charge in [-0.15, -0.1) is 0 Å². The second-order valence-electron chi connectivity index (χ2n) is 11.0. The van der Waals surface area contributed by atoms with Gasteiger partial charge in [0, 0.05) is 48.2 Å². The first-order valence-corrected chi connectivity index (χ1v) is 14.6. The molecule has 1 N–H and O–H groups in total. The number of carbonyl (C=O) groups is 1. The van der Waals surface area contributed by atoms with Gasteiger partial charge in [-0.1, -0.05) is 23.7 Å². The van der Waals surface area contributed by atoms with E-state index in [0.29, 0.717) is 64.1 Å². The Labute approximate surface area is 256 Å². The van der Waals surface area contributed by atoms with Crippen LogP contribution in [-0.2, 0) is 29.9 Å². The second kappa shape index (κ2) is 10.9. The van der Waals surface area contributed by atoms with Crippen molar-refractivity contribution in [2.75, 3.05) is 13.7 Å². The highest BCUT2D eigenvalue weighted by Crippen LogP contribution is 2.53. The lowest BCUT2D eigenvalue weighted by molar-refractivity contribution is -0.0990. The first kappa shape index (κ1) is 28.3. The zero-order chi connectivity index (χ0) is 30.6. The number of benzene rings is 4. The summed E-state index contributed by atoms with van der Waals surface area (Å²) in [7, 11) is 1.54. The predicted octanol–water partition coefficient (Wildman–Crippen LogP) is 7.53. The molecule has 7 rings (SSSR count). The summed E-state index contributed by atoms with van der Waals surface area (Å²) in [6.45, 7) is 0.636. The molecule has 1 unspecified atom stereocenters. The van der Waals surface area contributed by atoms with E-state index in [1.54, 1.807) is 35.9 Å². The smallest absolute Gasteiger partial charge is 0.335 e. The fourth-order valence-electron chi connectivity index (χ4n) is 6.25. The Morgan fingerprint density at radius 2 is 1.91 bits per heavy atom. The number of methoxy groups -OCH3 is 1. The SMILES string of the molecule is COCCn1c(Cc2c(F)cc(-c3cccc4c3OC3(CCCc5cc(Cl)ccc53)O4)cc2F)nc2ccc(C(=O)O)cc21. The first-order chi connectivity index (χ1) is 21.3. The number of para-hydroxylation sites is 1. The molecular weight excluding hydrogens is 590 g/mol. The van der Waals surface area contributed by atoms with Gasteiger partial charge in [-0.3, -0.25) is 0 Å². The molecule has 1 spiro atoms. The summed E-state index contributed by atoms with van der Waals surface area (Å²) in [6, 6.07) is 18.1. The van der Waals surface area contributed by atoms with E-state index in [1.807, 2.05) is 18.2 Å². The first-order valence-electron chi connectivity index (χ1n) is 14.3. The number of aryl methyl sites for hydroxylation is 1. The Kier molecular flexibility index (Phi) is 7.02. The van der Waals surface area contributed by atoms with Gasteiger partial charge in [0.2, 0.25) is 0 Å². The lowest BCUT2D eigenvalue weighted by Gasteiger charge is -2.33. The van der Waals surface area contributed by atoms with E-state index >= 15 is 8.78 Å². The van der Waals surface area contributed by atoms with Crippen molar-refractivity contribution in [2.45, 2.75) is 38.0 Å². The third-order valence-electron chi connectivity index (χ3n) is 8.33. The van der Waals surface area contributed by atoms with Crippen LogP contribution in [0.25, 0.3) is 22.2 Å². The van der Waals surface area contributed by atoms with Gasteiger partial charge in [-0.05, 0) is 78.6 Å². The fourth-order valence-corrected chi connectivity index (χ4v) is 6.44. The van der Waals surface area contributed by atoms with Crippen LogP contribution in [0.2, 0.25) is 5.02 Å². The van der Waals surface area contributed by atoms with Crippen molar-refractivity contribution in [1.29, 1.82) is 0 Å². The minimum absolute atomic E-state index is 0.0909. The number of rotatable bonds is 7. The number of hydrogen-bond acceptors (Lipinski definition) is 5. The standard InChI is InChI=1S/C34H27ClF2N2O5/c1-42-13-12-39-29-17-20(33(40)41)7-10-28(29)38-31(39)18-24-26(36)15-21(16-27(24)37)23-5-2-6-30-32(23)44-34(43-30)11-3-4-19-14-22(35)8-9-25(19)34/h2,5-10,14-17H,3-4,11-13,18H2,1H3,(H,40,41). The van der Waals surface area contributed by atoms with Crippen molar-refractivity contribution in [3.63, 3.8) is 0 Å². The zero-order valence-corrected chi connectivity index (χ0v) is 24.5. The number of fused-ring (bicyclic) bond motifs is 4. The van der Waals surface area contributed by atoms with Crippen LogP contribution < -0.4 is 9.47 Å². The molecular formula is C34H27ClF2N2O5. The van der Waals surface area contributed by atoms with Crippen molar-refractivity contribution >= 4 is 28.6 Å². The third-order valence-corrected chi connectivity index (χ3v) is 8.57. The van der Waals surface area contributed by atoms with Crippen molar-refractivity contribution in [2.24, 2.45) is 0 Å². The highest BCUT2D eigenvalue weighted by molar-refractivity contribution is 6.30. The van der Waals surface area contributed by atoms with Gasteiger partial charge in [0.25, 0.3) is 5.79 Å². The van der Waals surface area contributed by atoms with E-state index in [0.717, 1.165) is 24.0 Å². The van der Waals surface area contributed by atoms with Gasteiger partial charge < -0.3 is 23.9 Å². The van der Waals surface area contributed by atoms with Crippen LogP contribution >= 0.6 is 11.6 Å². The molecule has 1 aromatic heterocycles. The average molecular weight is 617 g/mol. The molecule has 0 saturated heterocycles. The molecule has 0 fully saturated rings. The number of carboxylic acids is 1. The van der Waals surface area contributed by atoms with Gasteiger partial charge in [0.15, 0.2) is 11.5 Å². The third kappa shape index (κ3) is 4.76. The van der Waals surface area contributed by atoms with Crippen molar-refractivity contribution in [1.82, 2.24) is 9.55 Å². The Morgan fingerprint density at radius 1 is 1.09 bits per heavy atom. The van der Waals surface area contributed by atoms with E-state index in [1.165, 1.54) is 24.3 Å². The maximum atomic E-state index is 15.8. The number of aromatic carboxylic acids is 1. The number of nitrogens with zero attached hydrogens (tertiary/aromatic N) is 2. The minimum Gasteiger partial charge on any atom is -0.478 e. The summed E-state index contributed by atoms with van der Waals surface area (Å²) >= 11 is 6.24. The van der Waals surface area contributed by atoms with E-state index in [4.69, 9.17) is 25.8 Å². The van der Waals surface area contributed by atoms with E-state index in [2.05, 4.69) is 4.98 Å². The van der Waals surface area contributed by atoms with Gasteiger partial charge in [-0.25, -0.2) is 18.6 Å². The monoisotopic (exact) mass is 616 g/mol. The average Bonchev–Trinajstić information content (AvgIpc) is 3.54.